The van der Waals surface area contributed by atoms with E-state index in [9.17, 15) is 9.59 Å². The Kier molecular flexibility index (Phi) is 5.16. The van der Waals surface area contributed by atoms with E-state index in [0.29, 0.717) is 24.2 Å². The predicted molar refractivity (Wildman–Crippen MR) is 92.9 cm³/mol. The van der Waals surface area contributed by atoms with E-state index in [1.165, 1.54) is 6.20 Å². The van der Waals surface area contributed by atoms with E-state index >= 15 is 0 Å². The fraction of sp³-hybridized carbons (Fsp3) is 0.111. The normalized spacial score (nSPS) is 10.2. The minimum Gasteiger partial charge on any atom is -0.350 e. The molecule has 3 aromatic rings. The van der Waals surface area contributed by atoms with Gasteiger partial charge in [0.05, 0.1) is 11.3 Å². The van der Waals surface area contributed by atoms with Crippen LogP contribution in [0.2, 0.25) is 0 Å². The largest absolute Gasteiger partial charge is 0.350 e. The molecule has 3 N–H and O–H groups in total. The fourth-order valence-corrected chi connectivity index (χ4v) is 2.27. The molecule has 0 aliphatic heterocycles. The molecule has 2 amide bonds. The van der Waals surface area contributed by atoms with Gasteiger partial charge in [-0.3, -0.25) is 19.7 Å². The van der Waals surface area contributed by atoms with Crippen LogP contribution in [-0.4, -0.2) is 40.1 Å². The Morgan fingerprint density at radius 3 is 2.20 bits per heavy atom. The molecule has 0 atom stereocenters. The molecular formula is C18H17N5O2. The molecule has 0 aliphatic carbocycles. The smallest absolute Gasteiger partial charge is 0.252 e. The van der Waals surface area contributed by atoms with E-state index < -0.39 is 0 Å². The minimum absolute atomic E-state index is 0.188. The number of carbonyl (C=O) groups excluding carboxylic acids is 2. The second kappa shape index (κ2) is 7.87. The number of carbonyl (C=O) groups is 2. The summed E-state index contributed by atoms with van der Waals surface area (Å²) >= 11 is 0. The molecule has 126 valence electrons. The number of hydrogen-bond acceptors (Lipinski definition) is 4. The second-order valence-corrected chi connectivity index (χ2v) is 5.30. The lowest BCUT2D eigenvalue weighted by atomic mass is 10.1. The third kappa shape index (κ3) is 4.29. The number of aromatic amines is 1. The number of nitrogens with one attached hydrogen (secondary N) is 3. The highest BCUT2D eigenvalue weighted by molar-refractivity contribution is 5.95. The number of benzene rings is 1. The molecule has 0 fully saturated rings. The van der Waals surface area contributed by atoms with Crippen molar-refractivity contribution in [3.8, 4) is 11.3 Å². The molecule has 3 rings (SSSR count). The van der Waals surface area contributed by atoms with Gasteiger partial charge < -0.3 is 10.6 Å². The molecule has 1 aromatic carbocycles. The van der Waals surface area contributed by atoms with Crippen LogP contribution < -0.4 is 10.6 Å². The maximum atomic E-state index is 12.1. The van der Waals surface area contributed by atoms with Gasteiger partial charge in [0.1, 0.15) is 0 Å². The molecule has 7 heteroatoms. The second-order valence-electron chi connectivity index (χ2n) is 5.30. The Balaban J connectivity index is 1.46. The van der Waals surface area contributed by atoms with Crippen LogP contribution in [0.5, 0.6) is 0 Å². The van der Waals surface area contributed by atoms with Crippen molar-refractivity contribution in [2.24, 2.45) is 0 Å². The molecule has 7 nitrogen and oxygen atoms in total. The fourth-order valence-electron chi connectivity index (χ4n) is 2.27. The van der Waals surface area contributed by atoms with Crippen LogP contribution in [0.1, 0.15) is 20.7 Å². The number of pyridine rings is 1. The highest BCUT2D eigenvalue weighted by atomic mass is 16.2. The van der Waals surface area contributed by atoms with E-state index in [1.54, 1.807) is 36.7 Å². The summed E-state index contributed by atoms with van der Waals surface area (Å²) in [7, 11) is 0. The number of hydrogen-bond donors (Lipinski definition) is 3. The zero-order chi connectivity index (χ0) is 17.5. The van der Waals surface area contributed by atoms with Crippen LogP contribution in [0.25, 0.3) is 11.3 Å². The number of rotatable bonds is 6. The lowest BCUT2D eigenvalue weighted by molar-refractivity contribution is 0.0927. The van der Waals surface area contributed by atoms with Gasteiger partial charge in [-0.1, -0.05) is 12.1 Å². The van der Waals surface area contributed by atoms with Crippen molar-refractivity contribution in [1.82, 2.24) is 25.8 Å². The first-order chi connectivity index (χ1) is 12.2. The lowest BCUT2D eigenvalue weighted by Gasteiger charge is -2.07. The van der Waals surface area contributed by atoms with E-state index in [2.05, 4.69) is 25.8 Å². The van der Waals surface area contributed by atoms with Crippen LogP contribution in [0.4, 0.5) is 0 Å². The molecule has 0 saturated carbocycles. The zero-order valence-corrected chi connectivity index (χ0v) is 13.4. The topological polar surface area (TPSA) is 99.8 Å². The highest BCUT2D eigenvalue weighted by Crippen LogP contribution is 2.16. The first kappa shape index (κ1) is 16.4. The van der Waals surface area contributed by atoms with Crippen molar-refractivity contribution in [3.63, 3.8) is 0 Å². The summed E-state index contributed by atoms with van der Waals surface area (Å²) in [5.41, 5.74) is 2.90. The maximum absolute atomic E-state index is 12.1. The zero-order valence-electron chi connectivity index (χ0n) is 13.4. The molecule has 25 heavy (non-hydrogen) atoms. The van der Waals surface area contributed by atoms with Gasteiger partial charge in [-0.25, -0.2) is 0 Å². The lowest BCUT2D eigenvalue weighted by Crippen LogP contribution is -2.34. The monoisotopic (exact) mass is 335 g/mol. The molecule has 0 saturated heterocycles. The molecule has 0 spiro atoms. The van der Waals surface area contributed by atoms with E-state index in [0.717, 1.165) is 11.3 Å². The average Bonchev–Trinajstić information content (AvgIpc) is 3.20. The number of aromatic nitrogens is 3. The van der Waals surface area contributed by atoms with Gasteiger partial charge in [-0.2, -0.15) is 5.10 Å². The summed E-state index contributed by atoms with van der Waals surface area (Å²) in [6, 6.07) is 12.4. The average molecular weight is 335 g/mol. The van der Waals surface area contributed by atoms with Crippen LogP contribution >= 0.6 is 0 Å². The van der Waals surface area contributed by atoms with Crippen molar-refractivity contribution in [1.29, 1.82) is 0 Å². The Morgan fingerprint density at radius 2 is 1.60 bits per heavy atom. The number of amides is 2. The highest BCUT2D eigenvalue weighted by Gasteiger charge is 2.07. The number of H-pyrrole nitrogens is 1. The van der Waals surface area contributed by atoms with Crippen molar-refractivity contribution >= 4 is 11.8 Å². The van der Waals surface area contributed by atoms with Crippen molar-refractivity contribution in [2.75, 3.05) is 13.1 Å². The summed E-state index contributed by atoms with van der Waals surface area (Å²) in [5.74, 6) is -0.405. The first-order valence-corrected chi connectivity index (χ1v) is 7.80. The summed E-state index contributed by atoms with van der Waals surface area (Å²) in [4.78, 5) is 27.8. The SMILES string of the molecule is O=C(NCCNC(=O)c1cccnc1)c1ccc(-c2ccn[nH]2)cc1. The van der Waals surface area contributed by atoms with Crippen molar-refractivity contribution in [2.45, 2.75) is 0 Å². The molecule has 2 aromatic heterocycles. The molecule has 0 bridgehead atoms. The van der Waals surface area contributed by atoms with Gasteiger partial charge in [0.2, 0.25) is 0 Å². The standard InChI is InChI=1S/C18H17N5O2/c24-17(14-5-3-13(4-6-14)16-7-9-22-23-16)20-10-11-21-18(25)15-2-1-8-19-12-15/h1-9,12H,10-11H2,(H,20,24)(H,21,25)(H,22,23). The molecule has 0 aliphatic rings. The summed E-state index contributed by atoms with van der Waals surface area (Å²) in [5, 5.41) is 12.3. The van der Waals surface area contributed by atoms with Crippen LogP contribution in [0.15, 0.2) is 61.1 Å². The van der Waals surface area contributed by atoms with Gasteiger partial charge in [-0.05, 0) is 35.9 Å². The van der Waals surface area contributed by atoms with Crippen molar-refractivity contribution < 1.29 is 9.59 Å². The molecular weight excluding hydrogens is 318 g/mol. The van der Waals surface area contributed by atoms with E-state index in [4.69, 9.17) is 0 Å². The number of nitrogens with zero attached hydrogens (tertiary/aromatic N) is 2. The Hall–Kier alpha value is -3.48. The summed E-state index contributed by atoms with van der Waals surface area (Å²) in [6.45, 7) is 0.679. The van der Waals surface area contributed by atoms with E-state index in [1.807, 2.05) is 18.2 Å². The van der Waals surface area contributed by atoms with Gasteiger partial charge in [0.25, 0.3) is 11.8 Å². The third-order valence-corrected chi connectivity index (χ3v) is 3.58. The first-order valence-electron chi connectivity index (χ1n) is 7.80. The summed E-state index contributed by atoms with van der Waals surface area (Å²) < 4.78 is 0. The van der Waals surface area contributed by atoms with Gasteiger partial charge >= 0.3 is 0 Å². The van der Waals surface area contributed by atoms with Crippen LogP contribution in [-0.2, 0) is 0 Å². The van der Waals surface area contributed by atoms with Gasteiger partial charge in [0.15, 0.2) is 0 Å². The van der Waals surface area contributed by atoms with Gasteiger partial charge in [0, 0.05) is 37.2 Å². The Bertz CT molecular complexity index is 830. The van der Waals surface area contributed by atoms with Crippen molar-refractivity contribution in [3.05, 3.63) is 72.2 Å². The Labute approximate surface area is 144 Å². The molecule has 0 unspecified atom stereocenters. The van der Waals surface area contributed by atoms with E-state index in [-0.39, 0.29) is 11.8 Å². The third-order valence-electron chi connectivity index (χ3n) is 3.58. The van der Waals surface area contributed by atoms with Crippen LogP contribution in [0, 0.1) is 0 Å². The minimum atomic E-state index is -0.216. The van der Waals surface area contributed by atoms with Crippen LogP contribution in [0.3, 0.4) is 0 Å². The summed E-state index contributed by atoms with van der Waals surface area (Å²) in [6.07, 6.45) is 4.78. The quantitative estimate of drug-likeness (QED) is 0.596. The molecule has 0 radical (unpaired) electrons. The van der Waals surface area contributed by atoms with Gasteiger partial charge in [-0.15, -0.1) is 0 Å². The predicted octanol–water partition coefficient (Wildman–Crippen LogP) is 1.63. The molecule has 2 heterocycles. The maximum Gasteiger partial charge on any atom is 0.252 e. The Morgan fingerprint density at radius 1 is 0.880 bits per heavy atom.